The minimum absolute atomic E-state index is 0.778. The molecule has 0 amide bonds. The Kier molecular flexibility index (Phi) is 4.67. The maximum Gasteiger partial charge on any atom is 0.169 e. The molecule has 3 nitrogen and oxygen atoms in total. The number of ether oxygens (including phenoxy) is 1. The van der Waals surface area contributed by atoms with Gasteiger partial charge in [0.05, 0.1) is 6.54 Å². The molecule has 12 heavy (non-hydrogen) atoms. The Morgan fingerprint density at radius 1 is 1.33 bits per heavy atom. The molecule has 0 bridgehead atoms. The average molecular weight is 276 g/mol. The minimum Gasteiger partial charge on any atom is -0.482 e. The highest BCUT2D eigenvalue weighted by molar-refractivity contribution is 14.1. The topological polar surface area (TPSA) is 34.5 Å². The molecule has 2 rings (SSSR count). The Morgan fingerprint density at radius 2 is 2.08 bits per heavy atom. The summed E-state index contributed by atoms with van der Waals surface area (Å²) >= 11 is 2.24. The van der Waals surface area contributed by atoms with Gasteiger partial charge in [-0.15, -0.1) is 0 Å². The van der Waals surface area contributed by atoms with E-state index in [1.54, 1.807) is 12.4 Å². The number of rotatable bonds is 0. The van der Waals surface area contributed by atoms with E-state index in [1.807, 2.05) is 12.1 Å². The molecule has 0 radical (unpaired) electrons. The van der Waals surface area contributed by atoms with Crippen LogP contribution in [0.25, 0.3) is 0 Å². The Hall–Kier alpha value is -0.650. The van der Waals surface area contributed by atoms with Crippen molar-refractivity contribution < 1.29 is 4.74 Å². The zero-order valence-electron chi connectivity index (χ0n) is 6.48. The first-order valence-corrected chi connectivity index (χ1v) is 4.63. The lowest BCUT2D eigenvalue weighted by atomic mass is 10.5. The monoisotopic (exact) mass is 276 g/mol. The molecular formula is C8H9IN2O. The molecule has 1 aliphatic rings. The first-order chi connectivity index (χ1) is 5.89. The number of aliphatic imine (C=N–C) groups is 1. The summed E-state index contributed by atoms with van der Waals surface area (Å²) < 4.78 is 5.88. The van der Waals surface area contributed by atoms with Gasteiger partial charge >= 0.3 is 0 Å². The molecule has 0 saturated heterocycles. The molecule has 1 aliphatic heterocycles. The highest BCUT2D eigenvalue weighted by Gasteiger charge is 1.84. The summed E-state index contributed by atoms with van der Waals surface area (Å²) in [4.78, 5) is 7.58. The van der Waals surface area contributed by atoms with Crippen molar-refractivity contribution in [3.8, 4) is 0 Å². The van der Waals surface area contributed by atoms with E-state index in [-0.39, 0.29) is 0 Å². The van der Waals surface area contributed by atoms with Crippen molar-refractivity contribution >= 4 is 29.0 Å². The lowest BCUT2D eigenvalue weighted by molar-refractivity contribution is 0.361. The number of pyridine rings is 1. The third-order valence-electron chi connectivity index (χ3n) is 1.13. The lowest BCUT2D eigenvalue weighted by Crippen LogP contribution is -1.80. The van der Waals surface area contributed by atoms with E-state index in [2.05, 4.69) is 37.3 Å². The summed E-state index contributed by atoms with van der Waals surface area (Å²) in [5.74, 6) is 0. The van der Waals surface area contributed by atoms with Crippen LogP contribution in [0.5, 0.6) is 0 Å². The van der Waals surface area contributed by atoms with Gasteiger partial charge in [0.15, 0.2) is 6.40 Å². The Bertz CT molecular complexity index is 232. The molecule has 0 aromatic carbocycles. The fourth-order valence-electron chi connectivity index (χ4n) is 0.597. The minimum atomic E-state index is 0.778. The number of halogens is 1. The summed E-state index contributed by atoms with van der Waals surface area (Å²) in [6.07, 6.45) is 5.05. The van der Waals surface area contributed by atoms with Gasteiger partial charge in [0, 0.05) is 16.0 Å². The van der Waals surface area contributed by atoms with Crippen molar-refractivity contribution in [1.29, 1.82) is 0 Å². The van der Waals surface area contributed by atoms with Gasteiger partial charge in [0.1, 0.15) is 6.61 Å². The summed E-state index contributed by atoms with van der Waals surface area (Å²) in [5, 5.41) is 0. The van der Waals surface area contributed by atoms with Crippen molar-refractivity contribution in [1.82, 2.24) is 4.98 Å². The van der Waals surface area contributed by atoms with Crippen LogP contribution < -0.4 is 0 Å². The number of nitrogens with zero attached hydrogens (tertiary/aromatic N) is 2. The predicted octanol–water partition coefficient (Wildman–Crippen LogP) is 1.73. The number of aromatic nitrogens is 1. The zero-order chi connectivity index (χ0) is 8.65. The smallest absolute Gasteiger partial charge is 0.169 e. The van der Waals surface area contributed by atoms with Crippen LogP contribution in [0.4, 0.5) is 0 Å². The fraction of sp³-hybridized carbons (Fsp3) is 0.250. The molecule has 4 heteroatoms. The second-order valence-corrected chi connectivity index (χ2v) is 3.29. The van der Waals surface area contributed by atoms with Crippen LogP contribution in [-0.4, -0.2) is 24.5 Å². The van der Waals surface area contributed by atoms with Crippen LogP contribution >= 0.6 is 22.6 Å². The van der Waals surface area contributed by atoms with Crippen LogP contribution in [0.15, 0.2) is 29.5 Å². The van der Waals surface area contributed by atoms with Gasteiger partial charge in [-0.05, 0) is 34.7 Å². The molecule has 64 valence electrons. The molecular weight excluding hydrogens is 267 g/mol. The van der Waals surface area contributed by atoms with Crippen LogP contribution in [-0.2, 0) is 4.74 Å². The van der Waals surface area contributed by atoms with E-state index in [0.29, 0.717) is 0 Å². The Morgan fingerprint density at radius 3 is 2.33 bits per heavy atom. The molecule has 0 fully saturated rings. The molecule has 0 unspecified atom stereocenters. The van der Waals surface area contributed by atoms with E-state index < -0.39 is 0 Å². The van der Waals surface area contributed by atoms with Crippen LogP contribution in [0.1, 0.15) is 0 Å². The SMILES string of the molecule is C1=NCCO1.Ic1ccncc1. The Labute approximate surface area is 85.0 Å². The van der Waals surface area contributed by atoms with Crippen molar-refractivity contribution in [3.05, 3.63) is 28.1 Å². The maximum absolute atomic E-state index is 4.65. The highest BCUT2D eigenvalue weighted by atomic mass is 127. The highest BCUT2D eigenvalue weighted by Crippen LogP contribution is 1.97. The molecule has 1 aromatic heterocycles. The lowest BCUT2D eigenvalue weighted by Gasteiger charge is -1.80. The van der Waals surface area contributed by atoms with E-state index in [9.17, 15) is 0 Å². The summed E-state index contributed by atoms with van der Waals surface area (Å²) in [6, 6.07) is 3.92. The largest absolute Gasteiger partial charge is 0.482 e. The van der Waals surface area contributed by atoms with E-state index in [1.165, 1.54) is 9.97 Å². The summed E-state index contributed by atoms with van der Waals surface area (Å²) in [5.41, 5.74) is 0. The third-order valence-corrected chi connectivity index (χ3v) is 1.85. The van der Waals surface area contributed by atoms with E-state index in [0.717, 1.165) is 13.2 Å². The molecule has 0 N–H and O–H groups in total. The van der Waals surface area contributed by atoms with E-state index >= 15 is 0 Å². The van der Waals surface area contributed by atoms with Gasteiger partial charge in [0.2, 0.25) is 0 Å². The number of hydrogen-bond donors (Lipinski definition) is 0. The summed E-state index contributed by atoms with van der Waals surface area (Å²) in [7, 11) is 0. The normalized spacial score (nSPS) is 13.1. The first kappa shape index (κ1) is 9.44. The van der Waals surface area contributed by atoms with Gasteiger partial charge in [-0.1, -0.05) is 0 Å². The molecule has 0 spiro atoms. The van der Waals surface area contributed by atoms with Gasteiger partial charge in [0.25, 0.3) is 0 Å². The fourth-order valence-corrected chi connectivity index (χ4v) is 0.919. The Balaban J connectivity index is 0.000000127. The standard InChI is InChI=1S/C5H4IN.C3H5NO/c6-5-1-3-7-4-2-5;1-2-5-3-4-1/h1-4H;3H,1-2H2. The van der Waals surface area contributed by atoms with Crippen molar-refractivity contribution in [2.24, 2.45) is 4.99 Å². The molecule has 0 atom stereocenters. The van der Waals surface area contributed by atoms with Gasteiger partial charge in [-0.2, -0.15) is 0 Å². The summed E-state index contributed by atoms with van der Waals surface area (Å²) in [6.45, 7) is 1.62. The van der Waals surface area contributed by atoms with Crippen molar-refractivity contribution in [2.75, 3.05) is 13.2 Å². The molecule has 0 aliphatic carbocycles. The van der Waals surface area contributed by atoms with Gasteiger partial charge < -0.3 is 4.74 Å². The van der Waals surface area contributed by atoms with Crippen molar-refractivity contribution in [3.63, 3.8) is 0 Å². The van der Waals surface area contributed by atoms with Crippen molar-refractivity contribution in [2.45, 2.75) is 0 Å². The molecule has 1 aromatic rings. The quantitative estimate of drug-likeness (QED) is 0.676. The maximum atomic E-state index is 4.65. The van der Waals surface area contributed by atoms with Crippen LogP contribution in [0, 0.1) is 3.57 Å². The number of hydrogen-bond acceptors (Lipinski definition) is 3. The molecule has 0 saturated carbocycles. The van der Waals surface area contributed by atoms with Crippen LogP contribution in [0.2, 0.25) is 0 Å². The van der Waals surface area contributed by atoms with Gasteiger partial charge in [-0.25, -0.2) is 0 Å². The average Bonchev–Trinajstić information content (AvgIpc) is 2.62. The van der Waals surface area contributed by atoms with Crippen LogP contribution in [0.3, 0.4) is 0 Å². The van der Waals surface area contributed by atoms with Gasteiger partial charge in [-0.3, -0.25) is 9.98 Å². The molecule has 2 heterocycles. The zero-order valence-corrected chi connectivity index (χ0v) is 8.64. The second-order valence-electron chi connectivity index (χ2n) is 2.05. The predicted molar refractivity (Wildman–Crippen MR) is 56.3 cm³/mol. The van der Waals surface area contributed by atoms with E-state index in [4.69, 9.17) is 0 Å². The second kappa shape index (κ2) is 5.93. The third kappa shape index (κ3) is 4.27. The first-order valence-electron chi connectivity index (χ1n) is 3.55.